The van der Waals surface area contributed by atoms with Crippen molar-refractivity contribution >= 4 is 34.4 Å². The number of carbonyl (C=O) groups excluding carboxylic acids is 1. The van der Waals surface area contributed by atoms with Crippen molar-refractivity contribution in [2.75, 3.05) is 13.1 Å². The maximum atomic E-state index is 12.6. The number of hydrogen-bond acceptors (Lipinski definition) is 3. The van der Waals surface area contributed by atoms with Crippen LogP contribution in [0.1, 0.15) is 16.7 Å². The lowest BCUT2D eigenvalue weighted by atomic mass is 10.1. The summed E-state index contributed by atoms with van der Waals surface area (Å²) in [5, 5.41) is 1.54. The highest BCUT2D eigenvalue weighted by molar-refractivity contribution is 8.13. The molecule has 1 amide bonds. The predicted octanol–water partition coefficient (Wildman–Crippen LogP) is 4.32. The van der Waals surface area contributed by atoms with Gasteiger partial charge in [-0.1, -0.05) is 65.3 Å². The van der Waals surface area contributed by atoms with E-state index in [9.17, 15) is 4.79 Å². The van der Waals surface area contributed by atoms with Gasteiger partial charge in [0, 0.05) is 17.3 Å². The number of nitrogens with zero attached hydrogens (tertiary/aromatic N) is 2. The number of halogens is 1. The van der Waals surface area contributed by atoms with E-state index in [1.807, 2.05) is 49.4 Å². The first-order valence-corrected chi connectivity index (χ1v) is 9.26. The topological polar surface area (TPSA) is 32.7 Å². The summed E-state index contributed by atoms with van der Waals surface area (Å²) in [6, 6.07) is 15.9. The van der Waals surface area contributed by atoms with Crippen LogP contribution in [-0.2, 0) is 17.0 Å². The van der Waals surface area contributed by atoms with E-state index in [2.05, 4.69) is 11.1 Å². The Balaban J connectivity index is 1.61. The molecule has 0 radical (unpaired) electrons. The van der Waals surface area contributed by atoms with E-state index in [4.69, 9.17) is 11.6 Å². The molecule has 0 aliphatic carbocycles. The molecule has 0 aromatic heterocycles. The van der Waals surface area contributed by atoms with Gasteiger partial charge >= 0.3 is 0 Å². The van der Waals surface area contributed by atoms with Crippen molar-refractivity contribution in [3.05, 3.63) is 70.2 Å². The Kier molecular flexibility index (Phi) is 5.59. The molecule has 1 heterocycles. The Hall–Kier alpha value is -1.78. The van der Waals surface area contributed by atoms with Gasteiger partial charge in [-0.05, 0) is 30.2 Å². The van der Waals surface area contributed by atoms with Crippen LogP contribution in [0, 0.1) is 6.92 Å². The Morgan fingerprint density at radius 3 is 2.79 bits per heavy atom. The second-order valence-electron chi connectivity index (χ2n) is 5.79. The third-order valence-electron chi connectivity index (χ3n) is 3.80. The van der Waals surface area contributed by atoms with Crippen molar-refractivity contribution in [2.24, 2.45) is 4.99 Å². The van der Waals surface area contributed by atoms with Crippen LogP contribution in [0.2, 0.25) is 5.02 Å². The average molecular weight is 359 g/mol. The lowest BCUT2D eigenvalue weighted by Crippen LogP contribution is -2.34. The van der Waals surface area contributed by atoms with Crippen LogP contribution in [0.25, 0.3) is 0 Å². The third-order valence-corrected chi connectivity index (χ3v) is 5.12. The number of amidine groups is 1. The summed E-state index contributed by atoms with van der Waals surface area (Å²) < 4.78 is 0. The molecule has 3 rings (SSSR count). The van der Waals surface area contributed by atoms with Crippen molar-refractivity contribution in [3.8, 4) is 0 Å². The lowest BCUT2D eigenvalue weighted by molar-refractivity contribution is -0.126. The van der Waals surface area contributed by atoms with Crippen LogP contribution >= 0.6 is 23.4 Å². The molecular weight excluding hydrogens is 340 g/mol. The lowest BCUT2D eigenvalue weighted by Gasteiger charge is -2.18. The summed E-state index contributed by atoms with van der Waals surface area (Å²) >= 11 is 7.61. The van der Waals surface area contributed by atoms with E-state index < -0.39 is 0 Å². The van der Waals surface area contributed by atoms with Crippen molar-refractivity contribution in [2.45, 2.75) is 19.1 Å². The molecule has 24 heavy (non-hydrogen) atoms. The summed E-state index contributed by atoms with van der Waals surface area (Å²) in [7, 11) is 0. The molecule has 0 bridgehead atoms. The maximum absolute atomic E-state index is 12.6. The maximum Gasteiger partial charge on any atom is 0.233 e. The van der Waals surface area contributed by atoms with Crippen LogP contribution in [0.5, 0.6) is 0 Å². The first kappa shape index (κ1) is 17.1. The second-order valence-corrected chi connectivity index (χ2v) is 7.17. The summed E-state index contributed by atoms with van der Waals surface area (Å²) in [6.07, 6.45) is 0.415. The quantitative estimate of drug-likeness (QED) is 0.815. The molecule has 0 saturated carbocycles. The molecule has 5 heteroatoms. The highest BCUT2D eigenvalue weighted by atomic mass is 35.5. The zero-order valence-electron chi connectivity index (χ0n) is 13.5. The number of aryl methyl sites for hydroxylation is 1. The smallest absolute Gasteiger partial charge is 0.233 e. The van der Waals surface area contributed by atoms with Crippen molar-refractivity contribution in [1.29, 1.82) is 0 Å². The van der Waals surface area contributed by atoms with E-state index in [0.29, 0.717) is 19.5 Å². The summed E-state index contributed by atoms with van der Waals surface area (Å²) in [5.74, 6) is 0.864. The van der Waals surface area contributed by atoms with Gasteiger partial charge in [-0.3, -0.25) is 14.7 Å². The number of amides is 1. The van der Waals surface area contributed by atoms with Gasteiger partial charge < -0.3 is 0 Å². The van der Waals surface area contributed by atoms with Crippen LogP contribution in [-0.4, -0.2) is 29.1 Å². The van der Waals surface area contributed by atoms with Gasteiger partial charge in [-0.2, -0.15) is 0 Å². The Morgan fingerprint density at radius 1 is 1.21 bits per heavy atom. The number of hydrogen-bond donors (Lipinski definition) is 0. The molecule has 0 atom stereocenters. The van der Waals surface area contributed by atoms with Gasteiger partial charge in [-0.25, -0.2) is 0 Å². The highest BCUT2D eigenvalue weighted by Gasteiger charge is 2.24. The van der Waals surface area contributed by atoms with Crippen LogP contribution in [0.3, 0.4) is 0 Å². The van der Waals surface area contributed by atoms with Gasteiger partial charge in [0.2, 0.25) is 5.91 Å². The number of carbonyl (C=O) groups is 1. The fraction of sp³-hybridized carbons (Fsp3) is 0.263. The highest BCUT2D eigenvalue weighted by Crippen LogP contribution is 2.22. The van der Waals surface area contributed by atoms with E-state index >= 15 is 0 Å². The summed E-state index contributed by atoms with van der Waals surface area (Å²) in [5.41, 5.74) is 3.35. The number of benzene rings is 2. The van der Waals surface area contributed by atoms with Crippen LogP contribution in [0.4, 0.5) is 0 Å². The largest absolute Gasteiger partial charge is 0.289 e. The van der Waals surface area contributed by atoms with Crippen molar-refractivity contribution in [3.63, 3.8) is 0 Å². The first-order chi connectivity index (χ1) is 11.6. The molecule has 0 N–H and O–H groups in total. The van der Waals surface area contributed by atoms with Crippen molar-refractivity contribution < 1.29 is 4.79 Å². The van der Waals surface area contributed by atoms with Gasteiger partial charge in [0.1, 0.15) is 0 Å². The van der Waals surface area contributed by atoms with Crippen LogP contribution in [0.15, 0.2) is 53.5 Å². The molecule has 1 aliphatic heterocycles. The normalized spacial score (nSPS) is 13.9. The molecule has 124 valence electrons. The number of thioether (sulfide) groups is 1. The monoisotopic (exact) mass is 358 g/mol. The fourth-order valence-corrected chi connectivity index (χ4v) is 3.87. The minimum Gasteiger partial charge on any atom is -0.289 e. The minimum atomic E-state index is 0.107. The van der Waals surface area contributed by atoms with Gasteiger partial charge in [-0.15, -0.1) is 0 Å². The Bertz CT molecular complexity index is 775. The standard InChI is InChI=1S/C19H19ClN2OS/c1-14-4-2-5-15(10-14)12-18(23)22-9-8-21-19(22)24-13-16-6-3-7-17(20)11-16/h2-7,10-11H,8-9,12-13H2,1H3. The van der Waals surface area contributed by atoms with Gasteiger partial charge in [0.15, 0.2) is 5.17 Å². The minimum absolute atomic E-state index is 0.107. The molecule has 2 aromatic rings. The second kappa shape index (κ2) is 7.86. The SMILES string of the molecule is Cc1cccc(CC(=O)N2CCN=C2SCc2cccc(Cl)c2)c1. The van der Waals surface area contributed by atoms with Gasteiger partial charge in [0.25, 0.3) is 0 Å². The average Bonchev–Trinajstić information content (AvgIpc) is 3.02. The third kappa shape index (κ3) is 4.40. The molecule has 2 aromatic carbocycles. The molecule has 0 unspecified atom stereocenters. The first-order valence-electron chi connectivity index (χ1n) is 7.89. The fourth-order valence-electron chi connectivity index (χ4n) is 2.65. The Labute approximate surface area is 151 Å². The van der Waals surface area contributed by atoms with E-state index in [0.717, 1.165) is 27.1 Å². The Morgan fingerprint density at radius 2 is 2.00 bits per heavy atom. The molecule has 0 spiro atoms. The summed E-state index contributed by atoms with van der Waals surface area (Å²) in [4.78, 5) is 18.9. The molecule has 3 nitrogen and oxygen atoms in total. The van der Waals surface area contributed by atoms with Gasteiger partial charge in [0.05, 0.1) is 13.0 Å². The molecule has 1 aliphatic rings. The zero-order valence-corrected chi connectivity index (χ0v) is 15.1. The summed E-state index contributed by atoms with van der Waals surface area (Å²) in [6.45, 7) is 3.39. The van der Waals surface area contributed by atoms with E-state index in [1.165, 1.54) is 5.56 Å². The number of rotatable bonds is 4. The van der Waals surface area contributed by atoms with E-state index in [1.54, 1.807) is 16.7 Å². The number of aliphatic imine (C=N–C) groups is 1. The zero-order chi connectivity index (χ0) is 16.9. The molecule has 0 saturated heterocycles. The molecule has 0 fully saturated rings. The van der Waals surface area contributed by atoms with Crippen molar-refractivity contribution in [1.82, 2.24) is 4.90 Å². The van der Waals surface area contributed by atoms with E-state index in [-0.39, 0.29) is 5.91 Å². The van der Waals surface area contributed by atoms with Crippen LogP contribution < -0.4 is 0 Å². The molecular formula is C19H19ClN2OS. The predicted molar refractivity (Wildman–Crippen MR) is 102 cm³/mol.